The summed E-state index contributed by atoms with van der Waals surface area (Å²) in [4.78, 5) is 36.7. The summed E-state index contributed by atoms with van der Waals surface area (Å²) in [6.45, 7) is 8.92. The summed E-state index contributed by atoms with van der Waals surface area (Å²) in [5.74, 6) is -0.606. The normalized spacial score (nSPS) is 27.4. The Labute approximate surface area is 195 Å². The van der Waals surface area contributed by atoms with Crippen LogP contribution in [0.5, 0.6) is 0 Å². The van der Waals surface area contributed by atoms with Crippen LogP contribution in [-0.2, 0) is 23.9 Å². The minimum atomic E-state index is -1.03. The van der Waals surface area contributed by atoms with E-state index in [1.54, 1.807) is 26.8 Å². The van der Waals surface area contributed by atoms with Crippen molar-refractivity contribution in [2.75, 3.05) is 0 Å². The number of allylic oxidation sites excluding steroid dienone is 7. The Bertz CT molecular complexity index is 998. The van der Waals surface area contributed by atoms with Crippen molar-refractivity contribution >= 4 is 17.5 Å². The summed E-state index contributed by atoms with van der Waals surface area (Å²) in [5.41, 5.74) is 0.986. The highest BCUT2D eigenvalue weighted by molar-refractivity contribution is 6.23. The van der Waals surface area contributed by atoms with Crippen LogP contribution in [-0.4, -0.2) is 39.9 Å². The molecule has 1 fully saturated rings. The second kappa shape index (κ2) is 9.64. The van der Waals surface area contributed by atoms with Gasteiger partial charge in [-0.05, 0) is 91.4 Å². The maximum atomic E-state index is 12.3. The van der Waals surface area contributed by atoms with Gasteiger partial charge in [0, 0.05) is 11.1 Å². The van der Waals surface area contributed by atoms with Gasteiger partial charge in [0.1, 0.15) is 11.7 Å². The van der Waals surface area contributed by atoms with Gasteiger partial charge >= 0.3 is 5.97 Å². The zero-order chi connectivity index (χ0) is 24.4. The predicted molar refractivity (Wildman–Crippen MR) is 125 cm³/mol. The fourth-order valence-electron chi connectivity index (χ4n) is 4.21. The first-order chi connectivity index (χ1) is 15.4. The summed E-state index contributed by atoms with van der Waals surface area (Å²) in [6, 6.07) is 0. The number of cyclic esters (lactones) is 1. The molecule has 178 valence electrons. The Hall–Kier alpha value is -2.73. The monoisotopic (exact) mass is 454 g/mol. The number of Topliss-reactive ketones (excluding diaryl/α,β-unsaturated/α-hetero) is 1. The maximum Gasteiger partial charge on any atom is 0.334 e. The van der Waals surface area contributed by atoms with E-state index in [2.05, 4.69) is 13.0 Å². The Balaban J connectivity index is 1.48. The maximum absolute atomic E-state index is 12.3. The van der Waals surface area contributed by atoms with Gasteiger partial charge in [0.25, 0.3) is 0 Å². The standard InChI is InChI=1S/C27H34O6/c1-17(8-6-10-19-11-12-22(26(3,4)31)32-25(19)30)9-7-14-27(5)15-13-20-23(29)18(2)16-21(28)24(20)33-27/h9-10,13,15-16,22,31H,6-8,11-12,14H2,1-5H3/b17-9+,19-10-/t22-,27-/m1/s1. The topological polar surface area (TPSA) is 89.9 Å². The molecule has 3 aliphatic rings. The fraction of sp³-hybridized carbons (Fsp3) is 0.519. The number of carbonyl (C=O) groups is 3. The first kappa shape index (κ1) is 24.9. The Morgan fingerprint density at radius 3 is 2.67 bits per heavy atom. The molecule has 0 aromatic carbocycles. The molecule has 0 bridgehead atoms. The summed E-state index contributed by atoms with van der Waals surface area (Å²) >= 11 is 0. The van der Waals surface area contributed by atoms with Crippen LogP contribution < -0.4 is 0 Å². The van der Waals surface area contributed by atoms with Crippen molar-refractivity contribution in [3.8, 4) is 0 Å². The van der Waals surface area contributed by atoms with Gasteiger partial charge in [0.15, 0.2) is 11.5 Å². The van der Waals surface area contributed by atoms with E-state index in [4.69, 9.17) is 9.47 Å². The number of hydrogen-bond acceptors (Lipinski definition) is 6. The van der Waals surface area contributed by atoms with Crippen LogP contribution in [0.25, 0.3) is 0 Å². The summed E-state index contributed by atoms with van der Waals surface area (Å²) in [7, 11) is 0. The molecule has 1 aliphatic carbocycles. The number of hydrogen-bond donors (Lipinski definition) is 1. The molecule has 1 N–H and O–H groups in total. The smallest absolute Gasteiger partial charge is 0.334 e. The van der Waals surface area contributed by atoms with Gasteiger partial charge < -0.3 is 14.6 Å². The summed E-state index contributed by atoms with van der Waals surface area (Å²) < 4.78 is 11.3. The van der Waals surface area contributed by atoms with Gasteiger partial charge in [-0.15, -0.1) is 0 Å². The Kier molecular flexibility index (Phi) is 7.27. The van der Waals surface area contributed by atoms with Crippen molar-refractivity contribution < 1.29 is 29.0 Å². The molecule has 1 saturated heterocycles. The van der Waals surface area contributed by atoms with E-state index < -0.39 is 17.3 Å². The molecular weight excluding hydrogens is 420 g/mol. The van der Waals surface area contributed by atoms with Gasteiger partial charge in [-0.25, -0.2) is 4.79 Å². The van der Waals surface area contributed by atoms with Gasteiger partial charge in [-0.1, -0.05) is 17.7 Å². The number of carbonyl (C=O) groups excluding carboxylic acids is 3. The molecule has 0 saturated carbocycles. The molecule has 6 heteroatoms. The molecule has 0 aromatic heterocycles. The minimum absolute atomic E-state index is 0.147. The van der Waals surface area contributed by atoms with Crippen LogP contribution in [0.3, 0.4) is 0 Å². The van der Waals surface area contributed by atoms with E-state index in [-0.39, 0.29) is 23.3 Å². The molecule has 0 radical (unpaired) electrons. The third kappa shape index (κ3) is 5.99. The fourth-order valence-corrected chi connectivity index (χ4v) is 4.21. The van der Waals surface area contributed by atoms with Crippen LogP contribution in [0.4, 0.5) is 0 Å². The first-order valence-corrected chi connectivity index (χ1v) is 11.6. The second-order valence-electron chi connectivity index (χ2n) is 9.96. The zero-order valence-electron chi connectivity index (χ0n) is 20.2. The quantitative estimate of drug-likeness (QED) is 0.262. The molecule has 0 spiro atoms. The minimum Gasteiger partial charge on any atom is -0.479 e. The number of rotatable bonds is 7. The molecule has 0 amide bonds. The molecular formula is C27H34O6. The average molecular weight is 455 g/mol. The van der Waals surface area contributed by atoms with E-state index in [1.807, 2.05) is 19.1 Å². The molecule has 0 aromatic rings. The molecule has 2 atom stereocenters. The highest BCUT2D eigenvalue weighted by atomic mass is 16.6. The molecule has 2 aliphatic heterocycles. The van der Waals surface area contributed by atoms with E-state index in [0.29, 0.717) is 36.0 Å². The lowest BCUT2D eigenvalue weighted by Gasteiger charge is -2.33. The predicted octanol–water partition coefficient (Wildman–Crippen LogP) is 4.59. The lowest BCUT2D eigenvalue weighted by atomic mass is 9.88. The van der Waals surface area contributed by atoms with Crippen LogP contribution in [0.2, 0.25) is 0 Å². The third-order valence-corrected chi connectivity index (χ3v) is 6.39. The van der Waals surface area contributed by atoms with Crippen molar-refractivity contribution in [1.82, 2.24) is 0 Å². The van der Waals surface area contributed by atoms with Gasteiger partial charge in [0.2, 0.25) is 5.78 Å². The van der Waals surface area contributed by atoms with Crippen molar-refractivity contribution in [2.45, 2.75) is 90.4 Å². The molecule has 0 unspecified atom stereocenters. The third-order valence-electron chi connectivity index (χ3n) is 6.39. The van der Waals surface area contributed by atoms with Crippen molar-refractivity contribution in [2.24, 2.45) is 0 Å². The van der Waals surface area contributed by atoms with Crippen molar-refractivity contribution in [1.29, 1.82) is 0 Å². The lowest BCUT2D eigenvalue weighted by Crippen LogP contribution is -2.42. The largest absolute Gasteiger partial charge is 0.479 e. The summed E-state index contributed by atoms with van der Waals surface area (Å²) in [5, 5.41) is 10.0. The average Bonchev–Trinajstić information content (AvgIpc) is 2.72. The number of ether oxygens (including phenoxy) is 2. The van der Waals surface area contributed by atoms with E-state index >= 15 is 0 Å². The van der Waals surface area contributed by atoms with Crippen LogP contribution in [0.1, 0.15) is 73.1 Å². The number of aliphatic hydroxyl groups is 1. The van der Waals surface area contributed by atoms with Crippen LogP contribution >= 0.6 is 0 Å². The highest BCUT2D eigenvalue weighted by Crippen LogP contribution is 2.34. The van der Waals surface area contributed by atoms with Crippen molar-refractivity contribution in [3.63, 3.8) is 0 Å². The SMILES string of the molecule is CC1=CC(=O)C2=C(C=C[C@@](C)(CC/C=C(\C)CC/C=C3/CC[C@H](C(C)(C)O)OC3=O)O2)C1=O. The number of ketones is 2. The molecule has 2 heterocycles. The van der Waals surface area contributed by atoms with Gasteiger partial charge in [-0.3, -0.25) is 9.59 Å². The number of esters is 1. The van der Waals surface area contributed by atoms with Gasteiger partial charge in [-0.2, -0.15) is 0 Å². The molecule has 3 rings (SSSR count). The van der Waals surface area contributed by atoms with Crippen LogP contribution in [0.15, 0.2) is 58.4 Å². The lowest BCUT2D eigenvalue weighted by molar-refractivity contribution is -0.162. The zero-order valence-corrected chi connectivity index (χ0v) is 20.2. The van der Waals surface area contributed by atoms with E-state index in [0.717, 1.165) is 19.3 Å². The van der Waals surface area contributed by atoms with Gasteiger partial charge in [0.05, 0.1) is 11.2 Å². The van der Waals surface area contributed by atoms with E-state index in [1.165, 1.54) is 11.6 Å². The second-order valence-corrected chi connectivity index (χ2v) is 9.96. The molecule has 33 heavy (non-hydrogen) atoms. The van der Waals surface area contributed by atoms with Crippen molar-refractivity contribution in [3.05, 3.63) is 58.4 Å². The van der Waals surface area contributed by atoms with Crippen LogP contribution in [0, 0.1) is 0 Å². The first-order valence-electron chi connectivity index (χ1n) is 11.6. The Morgan fingerprint density at radius 1 is 1.27 bits per heavy atom. The van der Waals surface area contributed by atoms with E-state index in [9.17, 15) is 19.5 Å². The Morgan fingerprint density at radius 2 is 2.00 bits per heavy atom. The summed E-state index contributed by atoms with van der Waals surface area (Å²) in [6.07, 6.45) is 12.8. The molecule has 6 nitrogen and oxygen atoms in total. The highest BCUT2D eigenvalue weighted by Gasteiger charge is 2.36.